The second-order valence-corrected chi connectivity index (χ2v) is 5.11. The molecule has 4 nitrogen and oxygen atoms in total. The van der Waals surface area contributed by atoms with Gasteiger partial charge in [-0.2, -0.15) is 0 Å². The topological polar surface area (TPSA) is 64.9 Å². The molecule has 0 radical (unpaired) electrons. The van der Waals surface area contributed by atoms with Crippen molar-refractivity contribution in [3.63, 3.8) is 0 Å². The van der Waals surface area contributed by atoms with Crippen molar-refractivity contribution in [2.45, 2.75) is 26.3 Å². The first-order chi connectivity index (χ1) is 7.66. The van der Waals surface area contributed by atoms with Crippen molar-refractivity contribution < 1.29 is 4.42 Å². The normalized spacial score (nSPS) is 13.2. The number of rotatable bonds is 4. The van der Waals surface area contributed by atoms with Crippen LogP contribution in [-0.4, -0.2) is 10.2 Å². The van der Waals surface area contributed by atoms with E-state index in [9.17, 15) is 0 Å². The molecule has 2 aromatic rings. The Morgan fingerprint density at radius 1 is 1.44 bits per heavy atom. The smallest absolute Gasteiger partial charge is 0.257 e. The minimum absolute atomic E-state index is 0.166. The average Bonchev–Trinajstić information content (AvgIpc) is 2.87. The van der Waals surface area contributed by atoms with Gasteiger partial charge in [-0.3, -0.25) is 0 Å². The van der Waals surface area contributed by atoms with Crippen LogP contribution in [0.1, 0.15) is 32.2 Å². The van der Waals surface area contributed by atoms with Crippen LogP contribution < -0.4 is 5.73 Å². The summed E-state index contributed by atoms with van der Waals surface area (Å²) in [5.74, 6) is 1.60. The van der Waals surface area contributed by atoms with Crippen LogP contribution in [0.3, 0.4) is 0 Å². The second-order valence-electron chi connectivity index (χ2n) is 4.16. The number of hydrogen-bond acceptors (Lipinski definition) is 5. The van der Waals surface area contributed by atoms with Gasteiger partial charge in [0.25, 0.3) is 5.89 Å². The summed E-state index contributed by atoms with van der Waals surface area (Å²) in [6, 6.07) is 3.75. The third kappa shape index (κ3) is 2.48. The lowest BCUT2D eigenvalue weighted by molar-refractivity contribution is 0.408. The maximum Gasteiger partial charge on any atom is 0.257 e. The largest absolute Gasteiger partial charge is 0.418 e. The summed E-state index contributed by atoms with van der Waals surface area (Å²) in [7, 11) is 0. The van der Waals surface area contributed by atoms with Crippen molar-refractivity contribution in [3.8, 4) is 10.8 Å². The van der Waals surface area contributed by atoms with Gasteiger partial charge < -0.3 is 10.2 Å². The van der Waals surface area contributed by atoms with Crippen molar-refractivity contribution in [1.82, 2.24) is 10.2 Å². The number of nitrogens with zero attached hydrogens (tertiary/aromatic N) is 2. The zero-order valence-corrected chi connectivity index (χ0v) is 10.2. The van der Waals surface area contributed by atoms with Gasteiger partial charge in [0.2, 0.25) is 5.89 Å². The van der Waals surface area contributed by atoms with E-state index in [1.165, 1.54) is 0 Å². The fraction of sp³-hybridized carbons (Fsp3) is 0.455. The van der Waals surface area contributed by atoms with Gasteiger partial charge in [0.1, 0.15) is 0 Å². The minimum Gasteiger partial charge on any atom is -0.418 e. The summed E-state index contributed by atoms with van der Waals surface area (Å²) >= 11 is 1.58. The second kappa shape index (κ2) is 4.76. The van der Waals surface area contributed by atoms with Gasteiger partial charge in [0.15, 0.2) is 0 Å². The van der Waals surface area contributed by atoms with Crippen molar-refractivity contribution in [3.05, 3.63) is 23.4 Å². The Hall–Kier alpha value is -1.20. The van der Waals surface area contributed by atoms with Crippen LogP contribution in [0.4, 0.5) is 0 Å². The lowest BCUT2D eigenvalue weighted by Crippen LogP contribution is -2.13. The Kier molecular flexibility index (Phi) is 3.36. The molecule has 2 N–H and O–H groups in total. The van der Waals surface area contributed by atoms with Gasteiger partial charge >= 0.3 is 0 Å². The zero-order chi connectivity index (χ0) is 11.5. The van der Waals surface area contributed by atoms with E-state index >= 15 is 0 Å². The van der Waals surface area contributed by atoms with Crippen LogP contribution in [0.15, 0.2) is 21.9 Å². The highest BCUT2D eigenvalue weighted by atomic mass is 32.1. The van der Waals surface area contributed by atoms with E-state index in [1.54, 1.807) is 11.3 Å². The first-order valence-corrected chi connectivity index (χ1v) is 6.17. The van der Waals surface area contributed by atoms with Gasteiger partial charge in [-0.25, -0.2) is 0 Å². The Balaban J connectivity index is 2.13. The molecule has 2 heterocycles. The molecule has 5 heteroatoms. The number of nitrogens with two attached hydrogens (primary N) is 1. The average molecular weight is 237 g/mol. The SMILES string of the molecule is CC(C)CC(N)c1nnc(-c2cccs2)o1. The van der Waals surface area contributed by atoms with Crippen molar-refractivity contribution in [1.29, 1.82) is 0 Å². The van der Waals surface area contributed by atoms with E-state index in [0.717, 1.165) is 11.3 Å². The Morgan fingerprint density at radius 3 is 2.88 bits per heavy atom. The summed E-state index contributed by atoms with van der Waals surface area (Å²) in [5, 5.41) is 9.97. The standard InChI is InChI=1S/C11H15N3OS/c1-7(2)6-8(12)10-13-14-11(15-10)9-4-3-5-16-9/h3-5,7-8H,6,12H2,1-2H3. The lowest BCUT2D eigenvalue weighted by atomic mass is 10.1. The van der Waals surface area contributed by atoms with Gasteiger partial charge in [-0.1, -0.05) is 19.9 Å². The number of aromatic nitrogens is 2. The Bertz CT molecular complexity index is 436. The predicted molar refractivity (Wildman–Crippen MR) is 64.0 cm³/mol. The van der Waals surface area contributed by atoms with E-state index in [0.29, 0.717) is 17.7 Å². The molecule has 2 aromatic heterocycles. The van der Waals surface area contributed by atoms with E-state index in [4.69, 9.17) is 10.2 Å². The molecule has 0 spiro atoms. The summed E-state index contributed by atoms with van der Waals surface area (Å²) in [4.78, 5) is 0.982. The third-order valence-corrected chi connectivity index (χ3v) is 3.07. The van der Waals surface area contributed by atoms with Crippen molar-refractivity contribution in [2.24, 2.45) is 11.7 Å². The van der Waals surface area contributed by atoms with E-state index in [1.807, 2.05) is 17.5 Å². The van der Waals surface area contributed by atoms with Gasteiger partial charge in [-0.05, 0) is 23.8 Å². The highest BCUT2D eigenvalue weighted by Gasteiger charge is 2.16. The van der Waals surface area contributed by atoms with Crippen LogP contribution in [0, 0.1) is 5.92 Å². The summed E-state index contributed by atoms with van der Waals surface area (Å²) in [5.41, 5.74) is 5.97. The zero-order valence-electron chi connectivity index (χ0n) is 9.38. The first-order valence-electron chi connectivity index (χ1n) is 5.29. The molecule has 0 saturated carbocycles. The van der Waals surface area contributed by atoms with Crippen LogP contribution in [0.2, 0.25) is 0 Å². The first kappa shape index (κ1) is 11.3. The molecule has 0 aliphatic rings. The number of thiophene rings is 1. The Morgan fingerprint density at radius 2 is 2.25 bits per heavy atom. The monoisotopic (exact) mass is 237 g/mol. The quantitative estimate of drug-likeness (QED) is 0.888. The van der Waals surface area contributed by atoms with Gasteiger partial charge in [0, 0.05) is 0 Å². The molecule has 1 atom stereocenters. The molecule has 16 heavy (non-hydrogen) atoms. The Labute approximate surface area is 98.5 Å². The third-order valence-electron chi connectivity index (χ3n) is 2.22. The molecule has 0 aliphatic carbocycles. The molecule has 0 fully saturated rings. The summed E-state index contributed by atoms with van der Waals surface area (Å²) < 4.78 is 5.55. The molecular formula is C11H15N3OS. The van der Waals surface area contributed by atoms with Crippen LogP contribution in [0.5, 0.6) is 0 Å². The minimum atomic E-state index is -0.166. The van der Waals surface area contributed by atoms with E-state index in [2.05, 4.69) is 24.0 Å². The van der Waals surface area contributed by atoms with Gasteiger partial charge in [-0.15, -0.1) is 21.5 Å². The molecule has 0 saturated heterocycles. The molecule has 0 aliphatic heterocycles. The lowest BCUT2D eigenvalue weighted by Gasteiger charge is -2.08. The molecular weight excluding hydrogens is 222 g/mol. The van der Waals surface area contributed by atoms with Crippen LogP contribution in [-0.2, 0) is 0 Å². The molecule has 0 aromatic carbocycles. The molecule has 2 rings (SSSR count). The van der Waals surface area contributed by atoms with Crippen molar-refractivity contribution >= 4 is 11.3 Å². The highest BCUT2D eigenvalue weighted by molar-refractivity contribution is 7.13. The van der Waals surface area contributed by atoms with E-state index < -0.39 is 0 Å². The van der Waals surface area contributed by atoms with Crippen LogP contribution in [0.25, 0.3) is 10.8 Å². The number of hydrogen-bond donors (Lipinski definition) is 1. The summed E-state index contributed by atoms with van der Waals surface area (Å²) in [6.45, 7) is 4.24. The van der Waals surface area contributed by atoms with Crippen molar-refractivity contribution in [2.75, 3.05) is 0 Å². The molecule has 0 bridgehead atoms. The fourth-order valence-corrected chi connectivity index (χ4v) is 2.14. The molecule has 1 unspecified atom stereocenters. The summed E-state index contributed by atoms with van der Waals surface area (Å²) in [6.07, 6.45) is 0.853. The maximum absolute atomic E-state index is 5.97. The van der Waals surface area contributed by atoms with Gasteiger partial charge in [0.05, 0.1) is 10.9 Å². The molecule has 0 amide bonds. The predicted octanol–water partition coefficient (Wildman–Crippen LogP) is 2.84. The fourth-order valence-electron chi connectivity index (χ4n) is 1.49. The van der Waals surface area contributed by atoms with E-state index in [-0.39, 0.29) is 6.04 Å². The highest BCUT2D eigenvalue weighted by Crippen LogP contribution is 2.25. The molecule has 86 valence electrons. The van der Waals surface area contributed by atoms with Crippen LogP contribution >= 0.6 is 11.3 Å². The maximum atomic E-state index is 5.97.